The summed E-state index contributed by atoms with van der Waals surface area (Å²) in [4.78, 5) is 23.8. The van der Waals surface area contributed by atoms with Crippen molar-refractivity contribution in [1.29, 1.82) is 0 Å². The van der Waals surface area contributed by atoms with Gasteiger partial charge in [-0.1, -0.05) is 6.92 Å². The number of aryl methyl sites for hydroxylation is 1. The number of nitrogens with one attached hydrogen (secondary N) is 1. The Hall–Kier alpha value is -3.35. The summed E-state index contributed by atoms with van der Waals surface area (Å²) in [6, 6.07) is 4.37. The largest absolute Gasteiger partial charge is 0.440 e. The second kappa shape index (κ2) is 9.84. The molecule has 1 saturated heterocycles. The van der Waals surface area contributed by atoms with E-state index in [1.54, 1.807) is 6.92 Å². The fourth-order valence-corrected chi connectivity index (χ4v) is 4.53. The van der Waals surface area contributed by atoms with Gasteiger partial charge in [-0.25, -0.2) is 18.2 Å². The minimum atomic E-state index is -4.56. The number of piperidine rings is 1. The SMILES string of the molecule is Cc1nc(C(=O)N2CC(F)(F)CC(C)C2CNC2N=CC(C(F)(F)F)=CN2C)c(-c2ccc(F)cc2)o1. The molecule has 2 aromatic rings. The number of alkyl halides is 5. The van der Waals surface area contributed by atoms with Crippen molar-refractivity contribution < 1.29 is 35.6 Å². The molecule has 3 atom stereocenters. The predicted octanol–water partition coefficient (Wildman–Crippen LogP) is 4.61. The average Bonchev–Trinajstić information content (AvgIpc) is 3.19. The predicted molar refractivity (Wildman–Crippen MR) is 122 cm³/mol. The lowest BCUT2D eigenvalue weighted by Crippen LogP contribution is -2.59. The van der Waals surface area contributed by atoms with Crippen LogP contribution in [0, 0.1) is 18.7 Å². The minimum Gasteiger partial charge on any atom is -0.440 e. The van der Waals surface area contributed by atoms with E-state index in [1.165, 1.54) is 43.1 Å². The van der Waals surface area contributed by atoms with E-state index in [4.69, 9.17) is 4.42 Å². The number of carbonyl (C=O) groups is 1. The van der Waals surface area contributed by atoms with Crippen molar-refractivity contribution in [1.82, 2.24) is 20.1 Å². The summed E-state index contributed by atoms with van der Waals surface area (Å²) in [6.07, 6.45) is -4.34. The van der Waals surface area contributed by atoms with E-state index < -0.39 is 60.6 Å². The molecule has 7 nitrogen and oxygen atoms in total. The maximum atomic E-state index is 14.6. The highest BCUT2D eigenvalue weighted by Crippen LogP contribution is 2.36. The Labute approximate surface area is 208 Å². The van der Waals surface area contributed by atoms with Gasteiger partial charge in [-0.15, -0.1) is 0 Å². The van der Waals surface area contributed by atoms with Crippen LogP contribution in [0.3, 0.4) is 0 Å². The molecule has 0 aliphatic carbocycles. The summed E-state index contributed by atoms with van der Waals surface area (Å²) in [7, 11) is 1.40. The first-order chi connectivity index (χ1) is 17.2. The zero-order valence-corrected chi connectivity index (χ0v) is 20.2. The molecule has 3 unspecified atom stereocenters. The second-order valence-electron chi connectivity index (χ2n) is 9.26. The van der Waals surface area contributed by atoms with E-state index in [1.807, 2.05) is 0 Å². The molecule has 1 fully saturated rings. The van der Waals surface area contributed by atoms with Crippen molar-refractivity contribution in [2.45, 2.75) is 44.7 Å². The summed E-state index contributed by atoms with van der Waals surface area (Å²) in [6.45, 7) is 2.17. The highest BCUT2D eigenvalue weighted by atomic mass is 19.4. The molecule has 0 bridgehead atoms. The molecule has 1 amide bonds. The minimum absolute atomic E-state index is 0.0206. The molecular formula is C24H25F6N5O2. The first kappa shape index (κ1) is 26.7. The van der Waals surface area contributed by atoms with Crippen molar-refractivity contribution in [2.75, 3.05) is 20.1 Å². The lowest BCUT2D eigenvalue weighted by atomic mass is 9.88. The quantitative estimate of drug-likeness (QED) is 0.573. The molecule has 200 valence electrons. The fourth-order valence-electron chi connectivity index (χ4n) is 4.53. The molecule has 0 saturated carbocycles. The van der Waals surface area contributed by atoms with Crippen LogP contribution in [-0.2, 0) is 0 Å². The van der Waals surface area contributed by atoms with E-state index in [2.05, 4.69) is 15.3 Å². The van der Waals surface area contributed by atoms with Crippen molar-refractivity contribution in [2.24, 2.45) is 10.9 Å². The number of carbonyl (C=O) groups excluding carboxylic acids is 1. The molecule has 1 N–H and O–H groups in total. The molecule has 2 aliphatic heterocycles. The third-order valence-electron chi connectivity index (χ3n) is 6.30. The summed E-state index contributed by atoms with van der Waals surface area (Å²) in [5.74, 6) is -4.98. The number of halogens is 6. The van der Waals surface area contributed by atoms with Crippen LogP contribution in [0.4, 0.5) is 26.3 Å². The first-order valence-corrected chi connectivity index (χ1v) is 11.4. The molecule has 1 aromatic heterocycles. The van der Waals surface area contributed by atoms with Crippen LogP contribution in [0.15, 0.2) is 45.4 Å². The lowest BCUT2D eigenvalue weighted by molar-refractivity contribution is -0.0924. The normalized spacial score (nSPS) is 23.8. The van der Waals surface area contributed by atoms with Gasteiger partial charge in [-0.2, -0.15) is 13.2 Å². The number of hydrogen-bond donors (Lipinski definition) is 1. The van der Waals surface area contributed by atoms with Crippen LogP contribution < -0.4 is 5.32 Å². The van der Waals surface area contributed by atoms with Gasteiger partial charge < -0.3 is 14.2 Å². The fraction of sp³-hybridized carbons (Fsp3) is 0.458. The van der Waals surface area contributed by atoms with Crippen LogP contribution in [0.5, 0.6) is 0 Å². The number of likely N-dealkylation sites (tertiary alicyclic amines) is 1. The Morgan fingerprint density at radius 2 is 1.92 bits per heavy atom. The Kier molecular flexibility index (Phi) is 7.10. The van der Waals surface area contributed by atoms with Gasteiger partial charge in [0.1, 0.15) is 5.82 Å². The molecule has 0 radical (unpaired) electrons. The monoisotopic (exact) mass is 529 g/mol. The van der Waals surface area contributed by atoms with Crippen LogP contribution in [0.1, 0.15) is 29.7 Å². The van der Waals surface area contributed by atoms with E-state index >= 15 is 0 Å². The van der Waals surface area contributed by atoms with Gasteiger partial charge in [-0.05, 0) is 30.2 Å². The van der Waals surface area contributed by atoms with Crippen LogP contribution >= 0.6 is 0 Å². The third kappa shape index (κ3) is 5.81. The Balaban J connectivity index is 1.58. The highest BCUT2D eigenvalue weighted by Gasteiger charge is 2.47. The first-order valence-electron chi connectivity index (χ1n) is 11.4. The Bertz CT molecular complexity index is 1210. The van der Waals surface area contributed by atoms with E-state index in [-0.39, 0.29) is 23.9 Å². The second-order valence-corrected chi connectivity index (χ2v) is 9.26. The topological polar surface area (TPSA) is 74.0 Å². The number of allylic oxidation sites excluding steroid dienone is 1. The van der Waals surface area contributed by atoms with Crippen LogP contribution in [-0.4, -0.2) is 71.5 Å². The lowest BCUT2D eigenvalue weighted by Gasteiger charge is -2.44. The number of nitrogens with zero attached hydrogens (tertiary/aromatic N) is 4. The summed E-state index contributed by atoms with van der Waals surface area (Å²) < 4.78 is 87.0. The van der Waals surface area contributed by atoms with Gasteiger partial charge in [0.2, 0.25) is 0 Å². The summed E-state index contributed by atoms with van der Waals surface area (Å²) >= 11 is 0. The molecule has 0 spiro atoms. The number of aliphatic imine (C=N–C) groups is 1. The summed E-state index contributed by atoms with van der Waals surface area (Å²) in [5, 5.41) is 2.96. The number of amides is 1. The number of rotatable bonds is 5. The zero-order valence-electron chi connectivity index (χ0n) is 20.2. The smallest absolute Gasteiger partial charge is 0.419 e. The third-order valence-corrected chi connectivity index (χ3v) is 6.30. The Morgan fingerprint density at radius 1 is 1.24 bits per heavy atom. The van der Waals surface area contributed by atoms with Gasteiger partial charge in [0.05, 0.1) is 12.1 Å². The zero-order chi connectivity index (χ0) is 27.1. The molecule has 1 aromatic carbocycles. The molecule has 4 rings (SSSR count). The number of aromatic nitrogens is 1. The number of oxazole rings is 1. The number of benzene rings is 1. The summed E-state index contributed by atoms with van der Waals surface area (Å²) in [5.41, 5.74) is -0.767. The van der Waals surface area contributed by atoms with Crippen LogP contribution in [0.25, 0.3) is 11.3 Å². The molecule has 2 aliphatic rings. The van der Waals surface area contributed by atoms with Crippen LogP contribution in [0.2, 0.25) is 0 Å². The van der Waals surface area contributed by atoms with Gasteiger partial charge in [0, 0.05) is 51.0 Å². The van der Waals surface area contributed by atoms with Gasteiger partial charge >= 0.3 is 6.18 Å². The average molecular weight is 529 g/mol. The highest BCUT2D eigenvalue weighted by molar-refractivity contribution is 5.98. The maximum absolute atomic E-state index is 14.6. The van der Waals surface area contributed by atoms with Crippen molar-refractivity contribution in [3.8, 4) is 11.3 Å². The van der Waals surface area contributed by atoms with Crippen molar-refractivity contribution >= 4 is 12.1 Å². The van der Waals surface area contributed by atoms with Gasteiger partial charge in [0.15, 0.2) is 23.6 Å². The number of hydrogen-bond acceptors (Lipinski definition) is 6. The van der Waals surface area contributed by atoms with Crippen molar-refractivity contribution in [3.63, 3.8) is 0 Å². The maximum Gasteiger partial charge on any atom is 0.419 e. The Morgan fingerprint density at radius 3 is 2.54 bits per heavy atom. The van der Waals surface area contributed by atoms with E-state index in [0.29, 0.717) is 11.8 Å². The standard InChI is InChI=1S/C24H25F6N5O2/c1-13-8-23(26,27)12-35(18(13)10-32-22-31-9-16(11-34(22)3)24(28,29)30)21(36)19-20(37-14(2)33-19)15-4-6-17(25)7-5-15/h4-7,9,11,13,18,22,32H,8,10,12H2,1-3H3. The molecule has 37 heavy (non-hydrogen) atoms. The van der Waals surface area contributed by atoms with E-state index in [0.717, 1.165) is 11.1 Å². The van der Waals surface area contributed by atoms with Gasteiger partial charge in [0.25, 0.3) is 11.8 Å². The molecular weight excluding hydrogens is 504 g/mol. The van der Waals surface area contributed by atoms with Crippen molar-refractivity contribution in [3.05, 3.63) is 53.4 Å². The van der Waals surface area contributed by atoms with E-state index in [9.17, 15) is 31.1 Å². The van der Waals surface area contributed by atoms with Gasteiger partial charge in [-0.3, -0.25) is 15.1 Å². The molecule has 13 heteroatoms. The molecule has 3 heterocycles.